The summed E-state index contributed by atoms with van der Waals surface area (Å²) in [5.74, 6) is 1.98. The van der Waals surface area contributed by atoms with Crippen molar-refractivity contribution in [1.82, 2.24) is 19.6 Å². The molecule has 3 unspecified atom stereocenters. The van der Waals surface area contributed by atoms with Crippen LogP contribution in [0.25, 0.3) is 0 Å². The van der Waals surface area contributed by atoms with Gasteiger partial charge in [-0.3, -0.25) is 24.4 Å². The van der Waals surface area contributed by atoms with Gasteiger partial charge in [0.25, 0.3) is 0 Å². The number of rotatable bonds is 69. The average molecular weight is 1330 g/mol. The van der Waals surface area contributed by atoms with Crippen molar-refractivity contribution >= 4 is 27.6 Å². The molecule has 1 aliphatic rings. The molecule has 10 nitrogen and oxygen atoms in total. The molecule has 0 aromatic carbocycles. The maximum atomic E-state index is 13.0. The van der Waals surface area contributed by atoms with E-state index >= 15 is 0 Å². The number of hydrogen-bond donors (Lipinski definition) is 4. The van der Waals surface area contributed by atoms with Crippen LogP contribution in [0.2, 0.25) is 0 Å². The Balaban J connectivity index is 2.49. The molecule has 1 saturated heterocycles. The van der Waals surface area contributed by atoms with E-state index in [2.05, 4.69) is 127 Å². The molecule has 0 saturated carbocycles. The van der Waals surface area contributed by atoms with Gasteiger partial charge in [0.05, 0.1) is 24.4 Å². The van der Waals surface area contributed by atoms with Crippen molar-refractivity contribution in [3.63, 3.8) is 0 Å². The zero-order valence-corrected chi connectivity index (χ0v) is 62.5. The van der Waals surface area contributed by atoms with Crippen molar-refractivity contribution < 1.29 is 30.0 Å². The van der Waals surface area contributed by atoms with E-state index in [4.69, 9.17) is 4.74 Å². The summed E-state index contributed by atoms with van der Waals surface area (Å²) in [6.45, 7) is 20.5. The summed E-state index contributed by atoms with van der Waals surface area (Å²) in [5, 5.41) is 44.8. The fourth-order valence-electron chi connectivity index (χ4n) is 12.3. The van der Waals surface area contributed by atoms with Crippen LogP contribution in [0.15, 0.2) is 72.9 Å². The summed E-state index contributed by atoms with van der Waals surface area (Å²) in [6.07, 6.45) is 74.2. The number of allylic oxidation sites excluding steroid dienone is 12. The summed E-state index contributed by atoms with van der Waals surface area (Å²) in [4.78, 5) is 22.5. The third-order valence-electron chi connectivity index (χ3n) is 18.3. The number of aliphatic hydroxyl groups is 4. The lowest BCUT2D eigenvalue weighted by Crippen LogP contribution is -2.47. The number of aliphatic hydroxyl groups excluding tert-OH is 4. The molecular weight excluding hydrogens is 1180 g/mol. The average Bonchev–Trinajstić information content (AvgIpc) is 3.72. The molecule has 1 rings (SSSR count). The predicted octanol–water partition coefficient (Wildman–Crippen LogP) is 20.2. The molecule has 0 aromatic heterocycles. The summed E-state index contributed by atoms with van der Waals surface area (Å²) in [6, 6.07) is 0.288. The van der Waals surface area contributed by atoms with Gasteiger partial charge in [0.2, 0.25) is 0 Å². The molecule has 5 atom stereocenters. The van der Waals surface area contributed by atoms with Gasteiger partial charge in [-0.05, 0) is 116 Å². The zero-order valence-electron chi connectivity index (χ0n) is 60.8. The SMILES string of the molecule is CC/C=C\C/C=C\C/C=C\CCCCCC[C@H](O)CN(C[C@@H](O)CCCCCC/C=C\C/C=C\C/C=C\CC)C(C)CCSSCCN1CCN(CCOC(=O)CCCN(CC(O)CCCCCCCCCCCC)CC(O)CCCCCCCCCCCC)CC1. The lowest BCUT2D eigenvalue weighted by atomic mass is 10.0. The van der Waals surface area contributed by atoms with E-state index in [1.165, 1.54) is 141 Å². The number of ether oxygens (including phenoxy) is 1. The normalized spacial score (nSPS) is 15.6. The van der Waals surface area contributed by atoms with E-state index in [0.717, 1.165) is 173 Å². The number of piperazine rings is 1. The van der Waals surface area contributed by atoms with E-state index in [-0.39, 0.29) is 24.2 Å². The minimum absolute atomic E-state index is 0.148. The van der Waals surface area contributed by atoms with Crippen LogP contribution in [0.4, 0.5) is 0 Å². The maximum Gasteiger partial charge on any atom is 0.305 e. The fourth-order valence-corrected chi connectivity index (χ4v) is 14.5. The Bertz CT molecular complexity index is 1650. The van der Waals surface area contributed by atoms with E-state index < -0.39 is 12.2 Å². The second kappa shape index (κ2) is 69.2. The molecule has 4 N–H and O–H groups in total. The molecule has 1 aliphatic heterocycles. The van der Waals surface area contributed by atoms with Crippen LogP contribution >= 0.6 is 21.6 Å². The van der Waals surface area contributed by atoms with Gasteiger partial charge < -0.3 is 25.2 Å². The number of carbonyl (C=O) groups is 1. The van der Waals surface area contributed by atoms with Gasteiger partial charge in [-0.15, -0.1) is 0 Å². The highest BCUT2D eigenvalue weighted by atomic mass is 33.1. The number of nitrogens with zero attached hydrogens (tertiary/aromatic N) is 4. The predicted molar refractivity (Wildman–Crippen MR) is 406 cm³/mol. The maximum absolute atomic E-state index is 13.0. The summed E-state index contributed by atoms with van der Waals surface area (Å²) in [7, 11) is 3.93. The number of esters is 1. The molecule has 1 heterocycles. The second-order valence-corrected chi connectivity index (χ2v) is 29.8. The van der Waals surface area contributed by atoms with Crippen LogP contribution < -0.4 is 0 Å². The fraction of sp³-hybridized carbons (Fsp3) is 0.838. The molecule has 0 aromatic rings. The number of unbranched alkanes of at least 4 members (excludes halogenated alkanes) is 26. The van der Waals surface area contributed by atoms with Crippen LogP contribution in [-0.4, -0.2) is 167 Å². The molecule has 538 valence electrons. The van der Waals surface area contributed by atoms with Crippen LogP contribution in [0.1, 0.15) is 311 Å². The van der Waals surface area contributed by atoms with E-state index in [0.29, 0.717) is 52.2 Å². The van der Waals surface area contributed by atoms with E-state index in [9.17, 15) is 25.2 Å². The van der Waals surface area contributed by atoms with Crippen LogP contribution in [0.3, 0.4) is 0 Å². The van der Waals surface area contributed by atoms with Gasteiger partial charge >= 0.3 is 5.97 Å². The van der Waals surface area contributed by atoms with Crippen molar-refractivity contribution in [2.24, 2.45) is 0 Å². The summed E-state index contributed by atoms with van der Waals surface area (Å²) >= 11 is 0. The van der Waals surface area contributed by atoms with Gasteiger partial charge in [-0.2, -0.15) is 0 Å². The smallest absolute Gasteiger partial charge is 0.305 e. The van der Waals surface area contributed by atoms with Crippen molar-refractivity contribution in [3.8, 4) is 0 Å². The zero-order chi connectivity index (χ0) is 66.7. The molecule has 92 heavy (non-hydrogen) atoms. The monoisotopic (exact) mass is 1330 g/mol. The molecule has 0 amide bonds. The molecule has 0 bridgehead atoms. The minimum Gasteiger partial charge on any atom is -0.464 e. The molecular formula is C80H150N4O6S2. The largest absolute Gasteiger partial charge is 0.464 e. The first-order valence-corrected chi connectivity index (χ1v) is 41.5. The second-order valence-electron chi connectivity index (χ2n) is 27.1. The lowest BCUT2D eigenvalue weighted by molar-refractivity contribution is -0.144. The van der Waals surface area contributed by atoms with Crippen molar-refractivity contribution in [2.75, 3.05) is 90.1 Å². The van der Waals surface area contributed by atoms with Crippen LogP contribution in [0.5, 0.6) is 0 Å². The topological polar surface area (TPSA) is 120 Å². The molecule has 0 aliphatic carbocycles. The Morgan fingerprint density at radius 3 is 1.17 bits per heavy atom. The van der Waals surface area contributed by atoms with Crippen LogP contribution in [0, 0.1) is 0 Å². The molecule has 0 spiro atoms. The van der Waals surface area contributed by atoms with Crippen molar-refractivity contribution in [3.05, 3.63) is 72.9 Å². The van der Waals surface area contributed by atoms with Crippen LogP contribution in [-0.2, 0) is 9.53 Å². The Labute approximate surface area is 578 Å². The van der Waals surface area contributed by atoms with Gasteiger partial charge in [0, 0.05) is 89.4 Å². The van der Waals surface area contributed by atoms with Gasteiger partial charge in [0.15, 0.2) is 0 Å². The first-order chi connectivity index (χ1) is 45.1. The molecule has 1 fully saturated rings. The molecule has 12 heteroatoms. The van der Waals surface area contributed by atoms with Gasteiger partial charge in [0.1, 0.15) is 6.61 Å². The van der Waals surface area contributed by atoms with Crippen molar-refractivity contribution in [2.45, 2.75) is 341 Å². The first-order valence-electron chi connectivity index (χ1n) is 39.0. The highest BCUT2D eigenvalue weighted by molar-refractivity contribution is 8.76. The summed E-state index contributed by atoms with van der Waals surface area (Å²) < 4.78 is 5.77. The lowest BCUT2D eigenvalue weighted by Gasteiger charge is -2.34. The third-order valence-corrected chi connectivity index (χ3v) is 20.7. The highest BCUT2D eigenvalue weighted by Crippen LogP contribution is 2.25. The Morgan fingerprint density at radius 1 is 0.413 bits per heavy atom. The Kier molecular flexibility index (Phi) is 66.4. The third kappa shape index (κ3) is 60.7. The highest BCUT2D eigenvalue weighted by Gasteiger charge is 2.22. The Morgan fingerprint density at radius 2 is 0.761 bits per heavy atom. The standard InChI is InChI=1S/C80H150N4O6S2/c1-6-10-14-18-22-26-30-32-34-36-40-44-48-52-57-78(87)73-84(74-79(88)58-53-49-45-41-37-35-33-31-27-23-19-15-11-7-2)75(5)60-69-91-92-70-67-82-64-62-81(63-65-82)66-68-90-80(89)59-54-61-83(71-76(85)55-50-46-42-38-28-24-20-16-12-8-3)72-77(86)56-51-47-43-39-29-25-21-17-13-9-4/h10-11,14-15,22-23,26-27,32-35,75-79,85-88H,6-9,12-13,16-21,24-25,28-31,36-74H2,1-5H3/b14-10-,15-11-,26-22-,27-23-,34-32-,35-33-/t75?,76?,77?,78-,79-/m0/s1. The van der Waals surface area contributed by atoms with Gasteiger partial charge in [-0.1, -0.05) is 289 Å². The number of carbonyl (C=O) groups excluding carboxylic acids is 1. The Hall–Kier alpha value is -1.71. The van der Waals surface area contributed by atoms with Crippen molar-refractivity contribution in [1.29, 1.82) is 0 Å². The quantitative estimate of drug-likeness (QED) is 0.0201. The van der Waals surface area contributed by atoms with E-state index in [1.807, 2.05) is 21.6 Å². The van der Waals surface area contributed by atoms with Gasteiger partial charge in [-0.25, -0.2) is 0 Å². The first kappa shape index (κ1) is 88.3. The minimum atomic E-state index is -0.412. The molecule has 0 radical (unpaired) electrons. The number of hydrogen-bond acceptors (Lipinski definition) is 12. The summed E-state index contributed by atoms with van der Waals surface area (Å²) in [5.41, 5.74) is 0. The van der Waals surface area contributed by atoms with E-state index in [1.54, 1.807) is 0 Å².